The fraction of sp³-hybridized carbons (Fsp3) is 0.588. The number of aromatic nitrogens is 1. The highest BCUT2D eigenvalue weighted by atomic mass is 16.5. The number of methoxy groups -OCH3 is 1. The highest BCUT2D eigenvalue weighted by molar-refractivity contribution is 5.85. The van der Waals surface area contributed by atoms with Gasteiger partial charge in [0.25, 0.3) is 0 Å². The van der Waals surface area contributed by atoms with Gasteiger partial charge in [-0.2, -0.15) is 0 Å². The van der Waals surface area contributed by atoms with Gasteiger partial charge in [-0.25, -0.2) is 0 Å². The van der Waals surface area contributed by atoms with E-state index < -0.39 is 0 Å². The van der Waals surface area contributed by atoms with E-state index in [9.17, 15) is 9.59 Å². The molecule has 0 unspecified atom stereocenters. The molecule has 1 aromatic rings. The maximum Gasteiger partial charge on any atom is 0.248 e. The zero-order chi connectivity index (χ0) is 16.3. The highest BCUT2D eigenvalue weighted by Gasteiger charge is 2.48. The number of carbonyl (C=O) groups is 2. The number of piperidine rings is 1. The van der Waals surface area contributed by atoms with E-state index in [2.05, 4.69) is 4.98 Å². The molecule has 0 radical (unpaired) electrons. The first-order chi connectivity index (χ1) is 11.1. The van der Waals surface area contributed by atoms with E-state index in [4.69, 9.17) is 4.74 Å². The number of amides is 2. The Morgan fingerprint density at radius 1 is 1.26 bits per heavy atom. The van der Waals surface area contributed by atoms with E-state index in [0.717, 1.165) is 31.5 Å². The molecule has 2 fully saturated rings. The molecule has 2 aliphatic rings. The molecule has 2 saturated heterocycles. The molecule has 0 atom stereocenters. The summed E-state index contributed by atoms with van der Waals surface area (Å²) >= 11 is 0. The fourth-order valence-electron chi connectivity index (χ4n) is 3.59. The minimum Gasteiger partial charge on any atom is -0.375 e. The van der Waals surface area contributed by atoms with Gasteiger partial charge in [-0.3, -0.25) is 14.6 Å². The van der Waals surface area contributed by atoms with Gasteiger partial charge in [-0.05, 0) is 31.4 Å². The minimum absolute atomic E-state index is 0.0122. The normalized spacial score (nSPS) is 20.3. The lowest BCUT2D eigenvalue weighted by molar-refractivity contribution is -0.144. The van der Waals surface area contributed by atoms with Gasteiger partial charge in [0.1, 0.15) is 6.61 Å². The van der Waals surface area contributed by atoms with E-state index in [1.165, 1.54) is 7.11 Å². The first-order valence-corrected chi connectivity index (χ1v) is 8.11. The smallest absolute Gasteiger partial charge is 0.248 e. The summed E-state index contributed by atoms with van der Waals surface area (Å²) in [6.07, 6.45) is 4.14. The van der Waals surface area contributed by atoms with Crippen molar-refractivity contribution < 1.29 is 14.3 Å². The second-order valence-corrected chi connectivity index (χ2v) is 6.39. The SMILES string of the molecule is COCC(=O)N1CCC2(CC1)CCN(Cc1ccccn1)C2=O. The Balaban J connectivity index is 1.60. The highest BCUT2D eigenvalue weighted by Crippen LogP contribution is 2.41. The van der Waals surface area contributed by atoms with Crippen LogP contribution in [0.4, 0.5) is 0 Å². The maximum absolute atomic E-state index is 12.9. The number of nitrogens with zero attached hydrogens (tertiary/aromatic N) is 3. The van der Waals surface area contributed by atoms with Gasteiger partial charge in [-0.1, -0.05) is 6.07 Å². The van der Waals surface area contributed by atoms with Crippen molar-refractivity contribution in [3.8, 4) is 0 Å². The summed E-state index contributed by atoms with van der Waals surface area (Å²) in [5, 5.41) is 0. The lowest BCUT2D eigenvalue weighted by Crippen LogP contribution is -2.47. The Labute approximate surface area is 136 Å². The van der Waals surface area contributed by atoms with Crippen molar-refractivity contribution in [2.75, 3.05) is 33.4 Å². The van der Waals surface area contributed by atoms with Crippen LogP contribution in [0.2, 0.25) is 0 Å². The Bertz CT molecular complexity index is 568. The van der Waals surface area contributed by atoms with Crippen molar-refractivity contribution >= 4 is 11.8 Å². The summed E-state index contributed by atoms with van der Waals surface area (Å²) in [4.78, 5) is 32.8. The summed E-state index contributed by atoms with van der Waals surface area (Å²) in [5.41, 5.74) is 0.643. The maximum atomic E-state index is 12.9. The van der Waals surface area contributed by atoms with Gasteiger partial charge < -0.3 is 14.5 Å². The van der Waals surface area contributed by atoms with E-state index >= 15 is 0 Å². The Morgan fingerprint density at radius 3 is 2.65 bits per heavy atom. The van der Waals surface area contributed by atoms with Crippen LogP contribution in [0.5, 0.6) is 0 Å². The topological polar surface area (TPSA) is 62.7 Å². The molecule has 0 bridgehead atoms. The van der Waals surface area contributed by atoms with Crippen molar-refractivity contribution in [3.63, 3.8) is 0 Å². The lowest BCUT2D eigenvalue weighted by Gasteiger charge is -2.37. The number of hydrogen-bond acceptors (Lipinski definition) is 4. The molecule has 1 spiro atoms. The van der Waals surface area contributed by atoms with Crippen LogP contribution in [0.3, 0.4) is 0 Å². The zero-order valence-corrected chi connectivity index (χ0v) is 13.5. The Kier molecular flexibility index (Phi) is 4.61. The van der Waals surface area contributed by atoms with Crippen LogP contribution in [0.1, 0.15) is 25.0 Å². The van der Waals surface area contributed by atoms with Crippen molar-refractivity contribution in [1.29, 1.82) is 0 Å². The molecule has 2 aliphatic heterocycles. The van der Waals surface area contributed by atoms with Gasteiger partial charge in [0.2, 0.25) is 11.8 Å². The largest absolute Gasteiger partial charge is 0.375 e. The number of rotatable bonds is 4. The summed E-state index contributed by atoms with van der Waals surface area (Å²) in [7, 11) is 1.53. The van der Waals surface area contributed by atoms with Crippen molar-refractivity contribution in [3.05, 3.63) is 30.1 Å². The lowest BCUT2D eigenvalue weighted by atomic mass is 9.77. The van der Waals surface area contributed by atoms with E-state index in [1.54, 1.807) is 6.20 Å². The first kappa shape index (κ1) is 15.9. The van der Waals surface area contributed by atoms with Gasteiger partial charge in [0.05, 0.1) is 17.7 Å². The molecule has 3 rings (SSSR count). The van der Waals surface area contributed by atoms with Gasteiger partial charge in [-0.15, -0.1) is 0 Å². The molecule has 124 valence electrons. The molecular formula is C17H23N3O3. The predicted molar refractivity (Wildman–Crippen MR) is 84.4 cm³/mol. The molecule has 0 N–H and O–H groups in total. The fourth-order valence-corrected chi connectivity index (χ4v) is 3.59. The second-order valence-electron chi connectivity index (χ2n) is 6.39. The quantitative estimate of drug-likeness (QED) is 0.833. The van der Waals surface area contributed by atoms with Crippen LogP contribution in [-0.2, 0) is 20.9 Å². The zero-order valence-electron chi connectivity index (χ0n) is 13.5. The molecular weight excluding hydrogens is 294 g/mol. The number of pyridine rings is 1. The predicted octanol–water partition coefficient (Wildman–Crippen LogP) is 1.07. The monoisotopic (exact) mass is 317 g/mol. The first-order valence-electron chi connectivity index (χ1n) is 8.11. The second kappa shape index (κ2) is 6.66. The Hall–Kier alpha value is -1.95. The molecule has 23 heavy (non-hydrogen) atoms. The van der Waals surface area contributed by atoms with Crippen LogP contribution in [-0.4, -0.2) is 59.9 Å². The third-order valence-electron chi connectivity index (χ3n) is 5.02. The minimum atomic E-state index is -0.279. The van der Waals surface area contributed by atoms with Crippen LogP contribution in [0, 0.1) is 5.41 Å². The van der Waals surface area contributed by atoms with Crippen LogP contribution < -0.4 is 0 Å². The average molecular weight is 317 g/mol. The molecule has 1 aromatic heterocycles. The number of hydrogen-bond donors (Lipinski definition) is 0. The van der Waals surface area contributed by atoms with Crippen LogP contribution >= 0.6 is 0 Å². The van der Waals surface area contributed by atoms with Crippen LogP contribution in [0.25, 0.3) is 0 Å². The van der Waals surface area contributed by atoms with Crippen molar-refractivity contribution in [2.45, 2.75) is 25.8 Å². The molecule has 0 aromatic carbocycles. The number of ether oxygens (including phenoxy) is 1. The molecule has 3 heterocycles. The summed E-state index contributed by atoms with van der Waals surface area (Å²) in [6.45, 7) is 2.76. The summed E-state index contributed by atoms with van der Waals surface area (Å²) in [6, 6.07) is 5.77. The average Bonchev–Trinajstić information content (AvgIpc) is 2.86. The number of likely N-dealkylation sites (tertiary alicyclic amines) is 2. The third-order valence-corrected chi connectivity index (χ3v) is 5.02. The summed E-state index contributed by atoms with van der Waals surface area (Å²) < 4.78 is 4.91. The van der Waals surface area contributed by atoms with Gasteiger partial charge >= 0.3 is 0 Å². The molecule has 0 aliphatic carbocycles. The van der Waals surface area contributed by atoms with Crippen molar-refractivity contribution in [1.82, 2.24) is 14.8 Å². The Morgan fingerprint density at radius 2 is 2.00 bits per heavy atom. The standard InChI is InChI=1S/C17H23N3O3/c1-23-13-15(21)19-9-5-17(6-10-19)7-11-20(16(17)22)12-14-4-2-3-8-18-14/h2-4,8H,5-7,9-13H2,1H3. The summed E-state index contributed by atoms with van der Waals surface area (Å²) in [5.74, 6) is 0.236. The third kappa shape index (κ3) is 3.22. The van der Waals surface area contributed by atoms with E-state index in [0.29, 0.717) is 19.6 Å². The molecule has 6 heteroatoms. The molecule has 2 amide bonds. The molecule has 6 nitrogen and oxygen atoms in total. The van der Waals surface area contributed by atoms with Gasteiger partial charge in [0.15, 0.2) is 0 Å². The molecule has 0 saturated carbocycles. The van der Waals surface area contributed by atoms with Crippen molar-refractivity contribution in [2.24, 2.45) is 5.41 Å². The van der Waals surface area contributed by atoms with E-state index in [-0.39, 0.29) is 23.8 Å². The van der Waals surface area contributed by atoms with E-state index in [1.807, 2.05) is 28.0 Å². The van der Waals surface area contributed by atoms with Gasteiger partial charge in [0, 0.05) is 32.9 Å². The number of carbonyl (C=O) groups excluding carboxylic acids is 2. The van der Waals surface area contributed by atoms with Crippen LogP contribution in [0.15, 0.2) is 24.4 Å².